The number of hydrogen-bond acceptors (Lipinski definition) is 7. The standard InChI is InChI=1S/C27H31F5N4O5/c1-15-20(17-5-6-18(28)21(29)22(17)40-13-10-36-8-11-39-12-9-36)23(41-26(15,2)27(30,31)32)25(38)35-16-4-7-19(34-14-16)24(37)33-3/h4-7,14-15,20,23H,8-13H2,1-3H3,(H,33,37)(H,35,38)/t15-,20-,23+,26+/m0/s1. The zero-order chi connectivity index (χ0) is 29.9. The molecule has 3 heterocycles. The molecule has 9 nitrogen and oxygen atoms in total. The number of aromatic nitrogens is 1. The van der Waals surface area contributed by atoms with E-state index in [4.69, 9.17) is 14.2 Å². The molecule has 4 atom stereocenters. The van der Waals surface area contributed by atoms with Crippen LogP contribution in [0.25, 0.3) is 0 Å². The summed E-state index contributed by atoms with van der Waals surface area (Å²) in [6.45, 7) is 4.56. The van der Waals surface area contributed by atoms with Gasteiger partial charge in [0.05, 0.1) is 25.1 Å². The van der Waals surface area contributed by atoms with Gasteiger partial charge in [-0.1, -0.05) is 13.0 Å². The maximum absolute atomic E-state index is 15.1. The fraction of sp³-hybridized carbons (Fsp3) is 0.519. The van der Waals surface area contributed by atoms with E-state index in [9.17, 15) is 27.2 Å². The Kier molecular flexibility index (Phi) is 9.14. The van der Waals surface area contributed by atoms with E-state index >= 15 is 4.39 Å². The van der Waals surface area contributed by atoms with E-state index in [1.165, 1.54) is 26.1 Å². The Morgan fingerprint density at radius 3 is 2.49 bits per heavy atom. The first-order valence-electron chi connectivity index (χ1n) is 13.0. The van der Waals surface area contributed by atoms with Crippen molar-refractivity contribution in [2.75, 3.05) is 51.8 Å². The minimum absolute atomic E-state index is 0.0550. The monoisotopic (exact) mass is 586 g/mol. The second-order valence-corrected chi connectivity index (χ2v) is 10.0. The van der Waals surface area contributed by atoms with Crippen molar-refractivity contribution in [3.05, 3.63) is 53.4 Å². The number of nitrogens with zero attached hydrogens (tertiary/aromatic N) is 2. The predicted octanol–water partition coefficient (Wildman–Crippen LogP) is 3.51. The van der Waals surface area contributed by atoms with Crippen molar-refractivity contribution in [2.45, 2.75) is 37.6 Å². The Hall–Kier alpha value is -3.36. The first-order chi connectivity index (χ1) is 19.4. The van der Waals surface area contributed by atoms with E-state index in [1.807, 2.05) is 4.90 Å². The third-order valence-corrected chi connectivity index (χ3v) is 7.61. The number of hydrogen-bond donors (Lipinski definition) is 2. The molecule has 0 bridgehead atoms. The molecule has 2 aromatic rings. The first-order valence-corrected chi connectivity index (χ1v) is 13.0. The average molecular weight is 587 g/mol. The average Bonchev–Trinajstić information content (AvgIpc) is 3.23. The van der Waals surface area contributed by atoms with Crippen LogP contribution in [-0.2, 0) is 14.3 Å². The molecule has 224 valence electrons. The molecule has 4 rings (SSSR count). The molecular weight excluding hydrogens is 555 g/mol. The van der Waals surface area contributed by atoms with Gasteiger partial charge >= 0.3 is 6.18 Å². The van der Waals surface area contributed by atoms with Gasteiger partial charge in [-0.25, -0.2) is 9.37 Å². The molecule has 0 spiro atoms. The predicted molar refractivity (Wildman–Crippen MR) is 137 cm³/mol. The summed E-state index contributed by atoms with van der Waals surface area (Å²) in [6, 6.07) is 4.57. The number of rotatable bonds is 8. The van der Waals surface area contributed by atoms with Crippen LogP contribution in [0.5, 0.6) is 5.75 Å². The van der Waals surface area contributed by atoms with E-state index in [0.717, 1.165) is 25.3 Å². The Labute approximate surface area is 233 Å². The van der Waals surface area contributed by atoms with Crippen LogP contribution in [0.4, 0.5) is 27.6 Å². The highest BCUT2D eigenvalue weighted by Crippen LogP contribution is 2.55. The molecule has 0 unspecified atom stereocenters. The van der Waals surface area contributed by atoms with Crippen LogP contribution in [0, 0.1) is 17.6 Å². The van der Waals surface area contributed by atoms with Crippen LogP contribution >= 0.6 is 0 Å². The minimum Gasteiger partial charge on any atom is -0.489 e. The topological polar surface area (TPSA) is 102 Å². The largest absolute Gasteiger partial charge is 0.489 e. The van der Waals surface area contributed by atoms with Crippen LogP contribution in [0.3, 0.4) is 0 Å². The van der Waals surface area contributed by atoms with Gasteiger partial charge < -0.3 is 24.8 Å². The van der Waals surface area contributed by atoms with Crippen LogP contribution in [-0.4, -0.2) is 86.1 Å². The summed E-state index contributed by atoms with van der Waals surface area (Å²) in [7, 11) is 1.41. The molecule has 41 heavy (non-hydrogen) atoms. The number of carbonyl (C=O) groups is 2. The number of benzene rings is 1. The summed E-state index contributed by atoms with van der Waals surface area (Å²) in [5.74, 6) is -7.40. The van der Waals surface area contributed by atoms with Crippen molar-refractivity contribution >= 4 is 17.5 Å². The second-order valence-electron chi connectivity index (χ2n) is 10.0. The van der Waals surface area contributed by atoms with E-state index < -0.39 is 58.9 Å². The van der Waals surface area contributed by atoms with E-state index in [1.54, 1.807) is 0 Å². The highest BCUT2D eigenvalue weighted by atomic mass is 19.4. The summed E-state index contributed by atoms with van der Waals surface area (Å²) >= 11 is 0. The second kappa shape index (κ2) is 12.2. The number of pyridine rings is 1. The molecule has 2 aliphatic rings. The van der Waals surface area contributed by atoms with Crippen LogP contribution in [0.15, 0.2) is 30.5 Å². The van der Waals surface area contributed by atoms with Crippen LogP contribution in [0.1, 0.15) is 35.8 Å². The molecule has 1 aromatic heterocycles. The molecule has 2 aliphatic heterocycles. The van der Waals surface area contributed by atoms with Crippen LogP contribution in [0.2, 0.25) is 0 Å². The molecule has 0 aliphatic carbocycles. The molecule has 2 N–H and O–H groups in total. The fourth-order valence-corrected chi connectivity index (χ4v) is 5.02. The molecule has 2 saturated heterocycles. The SMILES string of the molecule is CNC(=O)c1ccc(NC(=O)[C@@H]2O[C@@](C)(C(F)(F)F)[C@@H](C)[C@H]2c2ccc(F)c(F)c2OCCN2CCOCC2)cn1. The van der Waals surface area contributed by atoms with Gasteiger partial charge in [-0.3, -0.25) is 14.5 Å². The van der Waals surface area contributed by atoms with Crippen molar-refractivity contribution in [1.29, 1.82) is 0 Å². The maximum Gasteiger partial charge on any atom is 0.417 e. The number of amides is 2. The van der Waals surface area contributed by atoms with E-state index in [0.29, 0.717) is 32.8 Å². The summed E-state index contributed by atoms with van der Waals surface area (Å²) in [4.78, 5) is 31.0. The molecule has 1 aromatic carbocycles. The first kappa shape index (κ1) is 30.6. The highest BCUT2D eigenvalue weighted by Gasteiger charge is 2.66. The number of alkyl halides is 3. The van der Waals surface area contributed by atoms with Crippen molar-refractivity contribution in [3.63, 3.8) is 0 Å². The zero-order valence-corrected chi connectivity index (χ0v) is 22.7. The van der Waals surface area contributed by atoms with Crippen molar-refractivity contribution in [2.24, 2.45) is 5.92 Å². The van der Waals surface area contributed by atoms with Gasteiger partial charge in [0.2, 0.25) is 5.82 Å². The quantitative estimate of drug-likeness (QED) is 0.457. The molecule has 0 saturated carbocycles. The van der Waals surface area contributed by atoms with Crippen molar-refractivity contribution in [3.8, 4) is 5.75 Å². The smallest absolute Gasteiger partial charge is 0.417 e. The molecular formula is C27H31F5N4O5. The Morgan fingerprint density at radius 1 is 1.17 bits per heavy atom. The number of ether oxygens (including phenoxy) is 3. The Morgan fingerprint density at radius 2 is 1.88 bits per heavy atom. The lowest BCUT2D eigenvalue weighted by molar-refractivity contribution is -0.272. The molecule has 2 amide bonds. The lowest BCUT2D eigenvalue weighted by Crippen LogP contribution is -2.47. The number of nitrogens with one attached hydrogen (secondary N) is 2. The van der Waals surface area contributed by atoms with E-state index in [-0.39, 0.29) is 23.6 Å². The summed E-state index contributed by atoms with van der Waals surface area (Å²) in [5, 5.41) is 4.85. The van der Waals surface area contributed by atoms with Gasteiger partial charge in [0, 0.05) is 44.1 Å². The summed E-state index contributed by atoms with van der Waals surface area (Å²) in [5.41, 5.74) is -2.78. The third kappa shape index (κ3) is 6.28. The lowest BCUT2D eigenvalue weighted by atomic mass is 9.77. The van der Waals surface area contributed by atoms with Crippen molar-refractivity contribution in [1.82, 2.24) is 15.2 Å². The van der Waals surface area contributed by atoms with Crippen LogP contribution < -0.4 is 15.4 Å². The highest BCUT2D eigenvalue weighted by molar-refractivity contribution is 5.96. The van der Waals surface area contributed by atoms with E-state index in [2.05, 4.69) is 15.6 Å². The normalized spacial score (nSPS) is 25.1. The number of carbonyl (C=O) groups excluding carboxylic acids is 2. The maximum atomic E-state index is 15.1. The van der Waals surface area contributed by atoms with Gasteiger partial charge in [-0.15, -0.1) is 0 Å². The van der Waals surface area contributed by atoms with Gasteiger partial charge in [0.25, 0.3) is 11.8 Å². The summed E-state index contributed by atoms with van der Waals surface area (Å²) in [6.07, 6.45) is -5.50. The number of anilines is 1. The fourth-order valence-electron chi connectivity index (χ4n) is 5.02. The van der Waals surface area contributed by atoms with Gasteiger partial charge in [-0.05, 0) is 25.1 Å². The molecule has 0 radical (unpaired) electrons. The molecule has 14 heteroatoms. The Balaban J connectivity index is 1.65. The Bertz CT molecular complexity index is 1260. The van der Waals surface area contributed by atoms with Gasteiger partial charge in [-0.2, -0.15) is 17.6 Å². The lowest BCUT2D eigenvalue weighted by Gasteiger charge is -2.32. The molecule has 2 fully saturated rings. The van der Waals surface area contributed by atoms with Crippen molar-refractivity contribution < 1.29 is 45.8 Å². The van der Waals surface area contributed by atoms with Gasteiger partial charge in [0.15, 0.2) is 17.2 Å². The van der Waals surface area contributed by atoms with Gasteiger partial charge in [0.1, 0.15) is 18.4 Å². The number of morpholine rings is 1. The third-order valence-electron chi connectivity index (χ3n) is 7.61. The minimum atomic E-state index is -4.90. The number of halogens is 5. The zero-order valence-electron chi connectivity index (χ0n) is 22.7. The summed E-state index contributed by atoms with van der Waals surface area (Å²) < 4.78 is 88.6.